The minimum Gasteiger partial charge on any atom is -0.451 e. The summed E-state index contributed by atoms with van der Waals surface area (Å²) in [6.07, 6.45) is 1.09. The third-order valence-electron chi connectivity index (χ3n) is 2.48. The summed E-state index contributed by atoms with van der Waals surface area (Å²) in [6.45, 7) is 2.10. The van der Waals surface area contributed by atoms with E-state index in [0.29, 0.717) is 13.0 Å². The van der Waals surface area contributed by atoms with Gasteiger partial charge in [-0.25, -0.2) is 4.31 Å². The van der Waals surface area contributed by atoms with Crippen molar-refractivity contribution in [1.82, 2.24) is 4.31 Å². The number of rotatable bonds is 4. The van der Waals surface area contributed by atoms with Gasteiger partial charge in [-0.3, -0.25) is 4.79 Å². The van der Waals surface area contributed by atoms with Crippen LogP contribution in [-0.4, -0.2) is 31.5 Å². The van der Waals surface area contributed by atoms with Crippen molar-refractivity contribution in [1.29, 1.82) is 0 Å². The third kappa shape index (κ3) is 2.07. The van der Waals surface area contributed by atoms with Crippen molar-refractivity contribution in [3.63, 3.8) is 0 Å². The molecular formula is C10H13NO5S. The molecule has 6 nitrogen and oxygen atoms in total. The standard InChI is InChI=1S/C10H13NO5S/c1-2-15-9-6-5-8(12)11(9)17(13,14)10-4-3-7-16-10/h3-4,7,9H,2,5-6H2,1H3. The SMILES string of the molecule is CCOC1CCC(=O)N1S(=O)(=O)c1ccco1. The molecule has 1 aromatic rings. The van der Waals surface area contributed by atoms with Crippen molar-refractivity contribution in [2.75, 3.05) is 6.61 Å². The molecule has 1 aromatic heterocycles. The number of amides is 1. The van der Waals surface area contributed by atoms with Crippen LogP contribution in [0.15, 0.2) is 27.9 Å². The molecule has 1 amide bonds. The highest BCUT2D eigenvalue weighted by atomic mass is 32.2. The van der Waals surface area contributed by atoms with Crippen molar-refractivity contribution >= 4 is 15.9 Å². The first kappa shape index (κ1) is 12.1. The van der Waals surface area contributed by atoms with E-state index in [1.807, 2.05) is 0 Å². The van der Waals surface area contributed by atoms with Gasteiger partial charge in [-0.15, -0.1) is 0 Å². The van der Waals surface area contributed by atoms with E-state index in [9.17, 15) is 13.2 Å². The minimum absolute atomic E-state index is 0.171. The van der Waals surface area contributed by atoms with E-state index in [0.717, 1.165) is 4.31 Å². The molecule has 1 aliphatic heterocycles. The highest BCUT2D eigenvalue weighted by Gasteiger charge is 2.42. The fourth-order valence-electron chi connectivity index (χ4n) is 1.77. The van der Waals surface area contributed by atoms with Gasteiger partial charge in [0.2, 0.25) is 11.0 Å². The van der Waals surface area contributed by atoms with Gasteiger partial charge in [0.15, 0.2) is 0 Å². The third-order valence-corrected chi connectivity index (χ3v) is 4.18. The molecule has 1 aliphatic rings. The number of furan rings is 1. The number of sulfonamides is 1. The van der Waals surface area contributed by atoms with E-state index in [1.165, 1.54) is 18.4 Å². The van der Waals surface area contributed by atoms with Gasteiger partial charge < -0.3 is 9.15 Å². The quantitative estimate of drug-likeness (QED) is 0.804. The minimum atomic E-state index is -3.92. The second-order valence-corrected chi connectivity index (χ2v) is 5.32. The van der Waals surface area contributed by atoms with Crippen LogP contribution in [0.2, 0.25) is 0 Å². The van der Waals surface area contributed by atoms with Gasteiger partial charge in [-0.05, 0) is 19.1 Å². The summed E-state index contributed by atoms with van der Waals surface area (Å²) in [5.41, 5.74) is 0. The summed E-state index contributed by atoms with van der Waals surface area (Å²) in [6, 6.07) is 2.77. The topological polar surface area (TPSA) is 76.8 Å². The van der Waals surface area contributed by atoms with Crippen molar-refractivity contribution in [3.05, 3.63) is 18.4 Å². The summed E-state index contributed by atoms with van der Waals surface area (Å²) >= 11 is 0. The Morgan fingerprint density at radius 1 is 1.59 bits per heavy atom. The Morgan fingerprint density at radius 3 is 2.94 bits per heavy atom. The van der Waals surface area contributed by atoms with Gasteiger partial charge in [0.05, 0.1) is 6.26 Å². The maximum atomic E-state index is 12.1. The van der Waals surface area contributed by atoms with Gasteiger partial charge >= 0.3 is 10.0 Å². The molecule has 0 aliphatic carbocycles. The van der Waals surface area contributed by atoms with Gasteiger partial charge in [0, 0.05) is 19.4 Å². The Balaban J connectivity index is 2.34. The number of nitrogens with zero attached hydrogens (tertiary/aromatic N) is 1. The summed E-state index contributed by atoms with van der Waals surface area (Å²) in [5.74, 6) is -0.458. The Kier molecular flexibility index (Phi) is 3.21. The summed E-state index contributed by atoms with van der Waals surface area (Å²) in [4.78, 5) is 11.6. The van der Waals surface area contributed by atoms with E-state index in [1.54, 1.807) is 6.92 Å². The Morgan fingerprint density at radius 2 is 2.35 bits per heavy atom. The molecule has 0 spiro atoms. The van der Waals surface area contributed by atoms with Crippen LogP contribution in [0, 0.1) is 0 Å². The average molecular weight is 259 g/mol. The van der Waals surface area contributed by atoms with Crippen LogP contribution < -0.4 is 0 Å². The van der Waals surface area contributed by atoms with E-state index >= 15 is 0 Å². The molecular weight excluding hydrogens is 246 g/mol. The van der Waals surface area contributed by atoms with E-state index in [2.05, 4.69) is 0 Å². The van der Waals surface area contributed by atoms with Crippen LogP contribution >= 0.6 is 0 Å². The fraction of sp³-hybridized carbons (Fsp3) is 0.500. The Hall–Kier alpha value is -1.34. The average Bonchev–Trinajstić information content (AvgIpc) is 2.88. The van der Waals surface area contributed by atoms with E-state index in [-0.39, 0.29) is 11.5 Å². The lowest BCUT2D eigenvalue weighted by molar-refractivity contribution is -0.128. The normalized spacial score (nSPS) is 21.1. The molecule has 17 heavy (non-hydrogen) atoms. The highest BCUT2D eigenvalue weighted by Crippen LogP contribution is 2.27. The Bertz CT molecular complexity index is 493. The maximum Gasteiger partial charge on any atom is 0.302 e. The van der Waals surface area contributed by atoms with Gasteiger partial charge in [0.25, 0.3) is 0 Å². The summed E-state index contributed by atoms with van der Waals surface area (Å²) in [5, 5.41) is -0.238. The number of hydrogen-bond acceptors (Lipinski definition) is 5. The van der Waals surface area contributed by atoms with Crippen molar-refractivity contribution in [2.24, 2.45) is 0 Å². The highest BCUT2D eigenvalue weighted by molar-refractivity contribution is 7.89. The summed E-state index contributed by atoms with van der Waals surface area (Å²) in [7, 11) is -3.92. The van der Waals surface area contributed by atoms with Crippen LogP contribution in [0.25, 0.3) is 0 Å². The molecule has 0 aromatic carbocycles. The molecule has 2 rings (SSSR count). The van der Waals surface area contributed by atoms with E-state index in [4.69, 9.17) is 9.15 Å². The first-order valence-electron chi connectivity index (χ1n) is 5.29. The molecule has 1 saturated heterocycles. The van der Waals surface area contributed by atoms with E-state index < -0.39 is 22.2 Å². The molecule has 2 heterocycles. The zero-order valence-electron chi connectivity index (χ0n) is 9.33. The lowest BCUT2D eigenvalue weighted by Gasteiger charge is -2.22. The van der Waals surface area contributed by atoms with Crippen LogP contribution in [0.5, 0.6) is 0 Å². The largest absolute Gasteiger partial charge is 0.451 e. The van der Waals surface area contributed by atoms with Gasteiger partial charge in [-0.2, -0.15) is 8.42 Å². The second kappa shape index (κ2) is 4.50. The molecule has 0 bridgehead atoms. The monoisotopic (exact) mass is 259 g/mol. The number of carbonyl (C=O) groups excluding carboxylic acids is 1. The van der Waals surface area contributed by atoms with Crippen molar-refractivity contribution < 1.29 is 22.4 Å². The molecule has 0 radical (unpaired) electrons. The van der Waals surface area contributed by atoms with Crippen molar-refractivity contribution in [2.45, 2.75) is 31.1 Å². The second-order valence-electron chi connectivity index (χ2n) is 3.58. The molecule has 7 heteroatoms. The first-order valence-corrected chi connectivity index (χ1v) is 6.73. The zero-order valence-corrected chi connectivity index (χ0v) is 10.1. The van der Waals surface area contributed by atoms with Crippen LogP contribution in [0.3, 0.4) is 0 Å². The predicted octanol–water partition coefficient (Wildman–Crippen LogP) is 0.953. The van der Waals surface area contributed by atoms with Crippen molar-refractivity contribution in [3.8, 4) is 0 Å². The molecule has 1 atom stereocenters. The molecule has 94 valence electrons. The maximum absolute atomic E-state index is 12.1. The van der Waals surface area contributed by atoms with Crippen LogP contribution in [0.4, 0.5) is 0 Å². The number of carbonyl (C=O) groups is 1. The molecule has 0 saturated carbocycles. The summed E-state index contributed by atoms with van der Waals surface area (Å²) < 4.78 is 35.1. The fourth-order valence-corrected chi connectivity index (χ4v) is 3.23. The number of ether oxygens (including phenoxy) is 1. The smallest absolute Gasteiger partial charge is 0.302 e. The number of hydrogen-bond donors (Lipinski definition) is 0. The zero-order chi connectivity index (χ0) is 12.5. The lowest BCUT2D eigenvalue weighted by Crippen LogP contribution is -2.39. The lowest BCUT2D eigenvalue weighted by atomic mass is 10.3. The van der Waals surface area contributed by atoms with Gasteiger partial charge in [0.1, 0.15) is 6.23 Å². The van der Waals surface area contributed by atoms with Crippen LogP contribution in [0.1, 0.15) is 19.8 Å². The predicted molar refractivity (Wildman–Crippen MR) is 57.4 cm³/mol. The first-order chi connectivity index (χ1) is 8.07. The molecule has 1 unspecified atom stereocenters. The molecule has 0 N–H and O–H groups in total. The Labute approximate surface area is 99.2 Å². The van der Waals surface area contributed by atoms with Gasteiger partial charge in [-0.1, -0.05) is 0 Å². The van der Waals surface area contributed by atoms with Crippen LogP contribution in [-0.2, 0) is 19.6 Å². The molecule has 1 fully saturated rings.